The molecule has 2 aliphatic heterocycles. The third-order valence-corrected chi connectivity index (χ3v) is 5.82. The van der Waals surface area contributed by atoms with Gasteiger partial charge in [-0.3, -0.25) is 9.89 Å². The zero-order valence-corrected chi connectivity index (χ0v) is 17.8. The third kappa shape index (κ3) is 5.29. The monoisotopic (exact) mass is 408 g/mol. The molecule has 160 valence electrons. The summed E-state index contributed by atoms with van der Waals surface area (Å²) in [5, 5.41) is 3.59. The van der Waals surface area contributed by atoms with Crippen molar-refractivity contribution in [2.24, 2.45) is 4.99 Å². The average Bonchev–Trinajstić information content (AvgIpc) is 2.82. The Kier molecular flexibility index (Phi) is 7.16. The van der Waals surface area contributed by atoms with Crippen LogP contribution in [-0.2, 0) is 17.8 Å². The first-order chi connectivity index (χ1) is 14.8. The molecule has 1 N–H and O–H groups in total. The number of guanidine groups is 1. The van der Waals surface area contributed by atoms with Crippen LogP contribution in [0.2, 0.25) is 0 Å². The normalized spacial score (nSPS) is 18.5. The van der Waals surface area contributed by atoms with Crippen LogP contribution in [0, 0.1) is 0 Å². The van der Waals surface area contributed by atoms with Crippen LogP contribution >= 0.6 is 0 Å². The number of nitrogens with one attached hydrogen (secondary N) is 1. The lowest BCUT2D eigenvalue weighted by molar-refractivity contribution is 0.0341. The lowest BCUT2D eigenvalue weighted by Gasteiger charge is -2.37. The summed E-state index contributed by atoms with van der Waals surface area (Å²) >= 11 is 0. The largest absolute Gasteiger partial charge is 0.379 e. The zero-order valence-electron chi connectivity index (χ0n) is 17.8. The highest BCUT2D eigenvalue weighted by molar-refractivity contribution is 5.80. The molecule has 30 heavy (non-hydrogen) atoms. The van der Waals surface area contributed by atoms with Crippen molar-refractivity contribution in [3.05, 3.63) is 59.8 Å². The summed E-state index contributed by atoms with van der Waals surface area (Å²) in [5.41, 5.74) is 2.71. The Morgan fingerprint density at radius 3 is 2.40 bits per heavy atom. The van der Waals surface area contributed by atoms with Gasteiger partial charge >= 0.3 is 0 Å². The van der Waals surface area contributed by atoms with E-state index in [-0.39, 0.29) is 0 Å². The SMILES string of the molecule is CN=C(NCc1ccccc1CN1CCOCC1)N1CCN(c2ccccn2)CC1. The Balaban J connectivity index is 1.32. The molecule has 1 aromatic heterocycles. The highest BCUT2D eigenvalue weighted by Crippen LogP contribution is 2.15. The first-order valence-corrected chi connectivity index (χ1v) is 10.8. The molecular weight excluding hydrogens is 376 g/mol. The second-order valence-corrected chi connectivity index (χ2v) is 7.72. The van der Waals surface area contributed by atoms with Crippen molar-refractivity contribution in [3.63, 3.8) is 0 Å². The Bertz CT molecular complexity index is 813. The molecule has 0 bridgehead atoms. The fourth-order valence-electron chi connectivity index (χ4n) is 4.08. The van der Waals surface area contributed by atoms with Gasteiger partial charge in [-0.15, -0.1) is 0 Å². The summed E-state index contributed by atoms with van der Waals surface area (Å²) in [5.74, 6) is 2.02. The number of benzene rings is 1. The molecular formula is C23H32N6O. The van der Waals surface area contributed by atoms with E-state index >= 15 is 0 Å². The smallest absolute Gasteiger partial charge is 0.194 e. The number of anilines is 1. The zero-order chi connectivity index (χ0) is 20.6. The number of aromatic nitrogens is 1. The maximum absolute atomic E-state index is 5.48. The topological polar surface area (TPSA) is 56.2 Å². The van der Waals surface area contributed by atoms with Gasteiger partial charge in [0.05, 0.1) is 13.2 Å². The maximum atomic E-state index is 5.48. The van der Waals surface area contributed by atoms with Gasteiger partial charge in [-0.05, 0) is 23.3 Å². The number of ether oxygens (including phenoxy) is 1. The summed E-state index contributed by atoms with van der Waals surface area (Å²) in [7, 11) is 1.87. The van der Waals surface area contributed by atoms with Crippen molar-refractivity contribution >= 4 is 11.8 Å². The highest BCUT2D eigenvalue weighted by atomic mass is 16.5. The highest BCUT2D eigenvalue weighted by Gasteiger charge is 2.20. The molecule has 3 heterocycles. The van der Waals surface area contributed by atoms with Gasteiger partial charge in [-0.2, -0.15) is 0 Å². The summed E-state index contributed by atoms with van der Waals surface area (Å²) in [6.07, 6.45) is 1.86. The minimum absolute atomic E-state index is 0.785. The van der Waals surface area contributed by atoms with Gasteiger partial charge in [0, 0.05) is 65.6 Å². The molecule has 2 aliphatic rings. The van der Waals surface area contributed by atoms with Crippen molar-refractivity contribution in [3.8, 4) is 0 Å². The van der Waals surface area contributed by atoms with Crippen LogP contribution in [0.4, 0.5) is 5.82 Å². The van der Waals surface area contributed by atoms with E-state index in [0.717, 1.165) is 77.3 Å². The first kappa shape index (κ1) is 20.6. The first-order valence-electron chi connectivity index (χ1n) is 10.8. The molecule has 0 aliphatic carbocycles. The van der Waals surface area contributed by atoms with E-state index in [0.29, 0.717) is 0 Å². The molecule has 2 fully saturated rings. The molecule has 0 saturated carbocycles. The lowest BCUT2D eigenvalue weighted by atomic mass is 10.1. The average molecular weight is 409 g/mol. The number of hydrogen-bond acceptors (Lipinski definition) is 5. The van der Waals surface area contributed by atoms with E-state index in [9.17, 15) is 0 Å². The molecule has 0 atom stereocenters. The molecule has 2 aromatic rings. The number of hydrogen-bond donors (Lipinski definition) is 1. The van der Waals surface area contributed by atoms with E-state index in [1.165, 1.54) is 11.1 Å². The van der Waals surface area contributed by atoms with Crippen LogP contribution in [0.25, 0.3) is 0 Å². The number of rotatable bonds is 5. The second kappa shape index (κ2) is 10.4. The number of morpholine rings is 1. The molecule has 4 rings (SSSR count). The van der Waals surface area contributed by atoms with E-state index in [4.69, 9.17) is 4.74 Å². The minimum Gasteiger partial charge on any atom is -0.379 e. The molecule has 0 spiro atoms. The Labute approximate surface area is 179 Å². The van der Waals surface area contributed by atoms with E-state index in [1.807, 2.05) is 25.4 Å². The van der Waals surface area contributed by atoms with Gasteiger partial charge in [0.2, 0.25) is 0 Å². The van der Waals surface area contributed by atoms with Gasteiger partial charge in [0.1, 0.15) is 5.82 Å². The second-order valence-electron chi connectivity index (χ2n) is 7.72. The maximum Gasteiger partial charge on any atom is 0.194 e. The molecule has 7 nitrogen and oxygen atoms in total. The van der Waals surface area contributed by atoms with Crippen LogP contribution in [-0.4, -0.2) is 80.3 Å². The van der Waals surface area contributed by atoms with Crippen LogP contribution in [0.3, 0.4) is 0 Å². The predicted octanol–water partition coefficient (Wildman–Crippen LogP) is 1.81. The quantitative estimate of drug-likeness (QED) is 0.602. The number of aliphatic imine (C=N–C) groups is 1. The van der Waals surface area contributed by atoms with Gasteiger partial charge in [-0.25, -0.2) is 4.98 Å². The third-order valence-electron chi connectivity index (χ3n) is 5.82. The van der Waals surface area contributed by atoms with Gasteiger partial charge in [0.25, 0.3) is 0 Å². The van der Waals surface area contributed by atoms with Crippen LogP contribution < -0.4 is 10.2 Å². The molecule has 2 saturated heterocycles. The number of piperazine rings is 1. The van der Waals surface area contributed by atoms with Crippen molar-refractivity contribution in [2.75, 3.05) is 64.4 Å². The summed E-state index contributed by atoms with van der Waals surface area (Å²) in [4.78, 5) is 16.2. The number of nitrogens with zero attached hydrogens (tertiary/aromatic N) is 5. The van der Waals surface area contributed by atoms with Crippen molar-refractivity contribution in [2.45, 2.75) is 13.1 Å². The van der Waals surface area contributed by atoms with Crippen molar-refractivity contribution < 1.29 is 4.74 Å². The molecule has 0 radical (unpaired) electrons. The van der Waals surface area contributed by atoms with E-state index in [1.54, 1.807) is 0 Å². The molecule has 7 heteroatoms. The van der Waals surface area contributed by atoms with Crippen molar-refractivity contribution in [1.82, 2.24) is 20.1 Å². The Morgan fingerprint density at radius 1 is 0.967 bits per heavy atom. The molecule has 0 amide bonds. The summed E-state index contributed by atoms with van der Waals surface area (Å²) in [6.45, 7) is 9.20. The summed E-state index contributed by atoms with van der Waals surface area (Å²) < 4.78 is 5.48. The summed E-state index contributed by atoms with van der Waals surface area (Å²) in [6, 6.07) is 14.8. The Hall–Kier alpha value is -2.64. The predicted molar refractivity (Wildman–Crippen MR) is 121 cm³/mol. The lowest BCUT2D eigenvalue weighted by Crippen LogP contribution is -2.52. The van der Waals surface area contributed by atoms with E-state index in [2.05, 4.69) is 60.3 Å². The number of pyridine rings is 1. The fourth-order valence-corrected chi connectivity index (χ4v) is 4.08. The van der Waals surface area contributed by atoms with Crippen LogP contribution in [0.1, 0.15) is 11.1 Å². The standard InChI is InChI=1S/C23H32N6O/c1-24-23(29-12-10-28(11-13-29)22-8-4-5-9-25-22)26-18-20-6-2-3-7-21(20)19-27-14-16-30-17-15-27/h2-9H,10-19H2,1H3,(H,24,26). The van der Waals surface area contributed by atoms with Crippen LogP contribution in [0.15, 0.2) is 53.7 Å². The van der Waals surface area contributed by atoms with Gasteiger partial charge in [-0.1, -0.05) is 30.3 Å². The Morgan fingerprint density at radius 2 is 1.70 bits per heavy atom. The minimum atomic E-state index is 0.785. The van der Waals surface area contributed by atoms with Gasteiger partial charge < -0.3 is 19.9 Å². The molecule has 1 aromatic carbocycles. The van der Waals surface area contributed by atoms with Crippen molar-refractivity contribution in [1.29, 1.82) is 0 Å². The van der Waals surface area contributed by atoms with E-state index < -0.39 is 0 Å². The molecule has 0 unspecified atom stereocenters. The van der Waals surface area contributed by atoms with Gasteiger partial charge in [0.15, 0.2) is 5.96 Å². The van der Waals surface area contributed by atoms with Crippen LogP contribution in [0.5, 0.6) is 0 Å². The fraction of sp³-hybridized carbons (Fsp3) is 0.478.